The molecule has 10 heteroatoms. The van der Waals surface area contributed by atoms with E-state index in [0.717, 1.165) is 6.07 Å². The number of amides is 1. The third-order valence-corrected chi connectivity index (χ3v) is 8.46. The van der Waals surface area contributed by atoms with Crippen LogP contribution in [0.2, 0.25) is 5.02 Å². The zero-order valence-electron chi connectivity index (χ0n) is 23.4. The predicted molar refractivity (Wildman–Crippen MR) is 152 cm³/mol. The maximum atomic E-state index is 16.3. The number of hydrogen-bond acceptors (Lipinski definition) is 6. The molecule has 1 saturated heterocycles. The Kier molecular flexibility index (Phi) is 8.63. The van der Waals surface area contributed by atoms with E-state index >= 15 is 8.78 Å². The van der Waals surface area contributed by atoms with Gasteiger partial charge in [-0.2, -0.15) is 5.26 Å². The summed E-state index contributed by atoms with van der Waals surface area (Å²) in [6, 6.07) is 13.8. The van der Waals surface area contributed by atoms with Gasteiger partial charge in [0, 0.05) is 49.4 Å². The number of rotatable bonds is 9. The molecule has 220 valence electrons. The van der Waals surface area contributed by atoms with E-state index in [1.54, 1.807) is 43.3 Å². The van der Waals surface area contributed by atoms with Crippen molar-refractivity contribution < 1.29 is 28.2 Å². The zero-order chi connectivity index (χ0) is 30.1. The highest BCUT2D eigenvalue weighted by molar-refractivity contribution is 6.30. The van der Waals surface area contributed by atoms with Crippen molar-refractivity contribution in [2.24, 2.45) is 0 Å². The number of pyridine rings is 1. The maximum Gasteiger partial charge on any atom is 0.257 e. The normalized spacial score (nSPS) is 20.1. The molecule has 2 aliphatic rings. The van der Waals surface area contributed by atoms with Gasteiger partial charge in [-0.1, -0.05) is 37.6 Å². The Labute approximate surface area is 248 Å². The molecule has 2 aromatic carbocycles. The molecule has 5 rings (SSSR count). The van der Waals surface area contributed by atoms with Crippen LogP contribution in [0.3, 0.4) is 0 Å². The number of benzene rings is 2. The Hall–Kier alpha value is -3.42. The molecule has 3 atom stereocenters. The average Bonchev–Trinajstić information content (AvgIpc) is 3.27. The molecule has 0 aliphatic carbocycles. The third kappa shape index (κ3) is 5.18. The number of alkyl halides is 1. The maximum absolute atomic E-state index is 16.3. The summed E-state index contributed by atoms with van der Waals surface area (Å²) in [7, 11) is 0. The quantitative estimate of drug-likeness (QED) is 0.302. The summed E-state index contributed by atoms with van der Waals surface area (Å²) < 4.78 is 43.9. The smallest absolute Gasteiger partial charge is 0.257 e. The van der Waals surface area contributed by atoms with Crippen molar-refractivity contribution >= 4 is 17.5 Å². The van der Waals surface area contributed by atoms with Crippen LogP contribution in [-0.2, 0) is 15.1 Å². The Morgan fingerprint density at radius 3 is 2.64 bits per heavy atom. The molecule has 1 N–H and O–H groups in total. The van der Waals surface area contributed by atoms with Gasteiger partial charge in [-0.05, 0) is 60.4 Å². The topological polar surface area (TPSA) is 95.7 Å². The fourth-order valence-electron chi connectivity index (χ4n) is 5.99. The van der Waals surface area contributed by atoms with Gasteiger partial charge in [-0.3, -0.25) is 14.7 Å². The monoisotopic (exact) mass is 595 g/mol. The molecule has 1 fully saturated rings. The Morgan fingerprint density at radius 1 is 1.26 bits per heavy atom. The Balaban J connectivity index is 1.67. The molecule has 7 nitrogen and oxygen atoms in total. The second kappa shape index (κ2) is 12.1. The van der Waals surface area contributed by atoms with Crippen LogP contribution >= 0.6 is 11.6 Å². The summed E-state index contributed by atoms with van der Waals surface area (Å²) in [5.74, 6) is -1.35. The van der Waals surface area contributed by atoms with Crippen LogP contribution < -0.4 is 0 Å². The fourth-order valence-corrected chi connectivity index (χ4v) is 6.19. The lowest BCUT2D eigenvalue weighted by Crippen LogP contribution is -2.51. The van der Waals surface area contributed by atoms with E-state index in [2.05, 4.69) is 4.98 Å². The summed E-state index contributed by atoms with van der Waals surface area (Å²) in [5, 5.41) is 21.5. The van der Waals surface area contributed by atoms with Crippen LogP contribution in [0.15, 0.2) is 54.7 Å². The van der Waals surface area contributed by atoms with Gasteiger partial charge in [-0.25, -0.2) is 8.78 Å². The SMILES string of the molecule is CCCO[C@@H]1c2c(F)cc(C(O)(CC)C3(F)CCOCC3)cc2C(=O)N1C(c1cccc(Cl)c1)c1ccc(C#N)cn1. The van der Waals surface area contributed by atoms with Crippen LogP contribution in [0.1, 0.15) is 90.1 Å². The predicted octanol–water partition coefficient (Wildman–Crippen LogP) is 6.53. The molecule has 0 bridgehead atoms. The van der Waals surface area contributed by atoms with Gasteiger partial charge in [-0.15, -0.1) is 0 Å². The second-order valence-corrected chi connectivity index (χ2v) is 11.1. The highest BCUT2D eigenvalue weighted by atomic mass is 35.5. The van der Waals surface area contributed by atoms with Crippen molar-refractivity contribution in [3.8, 4) is 6.07 Å². The first-order chi connectivity index (χ1) is 20.2. The number of halogens is 3. The number of carbonyl (C=O) groups is 1. The van der Waals surface area contributed by atoms with E-state index in [0.29, 0.717) is 28.3 Å². The minimum absolute atomic E-state index is 0.00843. The van der Waals surface area contributed by atoms with Gasteiger partial charge in [0.25, 0.3) is 5.91 Å². The molecule has 1 amide bonds. The van der Waals surface area contributed by atoms with Crippen molar-refractivity contribution in [3.05, 3.63) is 99.1 Å². The molecular formula is C32H32ClF2N3O4. The first kappa shape index (κ1) is 30.1. The summed E-state index contributed by atoms with van der Waals surface area (Å²) in [6.45, 7) is 4.02. The van der Waals surface area contributed by atoms with Crippen molar-refractivity contribution in [1.29, 1.82) is 5.26 Å². The highest BCUT2D eigenvalue weighted by Crippen LogP contribution is 2.49. The van der Waals surface area contributed by atoms with Gasteiger partial charge < -0.3 is 14.6 Å². The van der Waals surface area contributed by atoms with Gasteiger partial charge >= 0.3 is 0 Å². The van der Waals surface area contributed by atoms with Gasteiger partial charge in [0.05, 0.1) is 16.8 Å². The standard InChI is InChI=1S/C32H32ClF2N3O4/c1-3-12-42-30-27-24(16-22(17-25(27)34)32(40,4-2)31(35)10-13-41-14-11-31)29(39)38(30)28(21-6-5-7-23(33)15-21)26-9-8-20(18-36)19-37-26/h5-9,15-17,19,28,30,40H,3-4,10-14H2,1-2H3/t28?,30-,32?/m1/s1. The Morgan fingerprint density at radius 2 is 2.02 bits per heavy atom. The molecule has 42 heavy (non-hydrogen) atoms. The van der Waals surface area contributed by atoms with E-state index in [1.165, 1.54) is 17.2 Å². The van der Waals surface area contributed by atoms with E-state index < -0.39 is 35.3 Å². The molecule has 1 aromatic heterocycles. The van der Waals surface area contributed by atoms with Crippen LogP contribution in [-0.4, -0.2) is 46.4 Å². The first-order valence-corrected chi connectivity index (χ1v) is 14.4. The van der Waals surface area contributed by atoms with Crippen molar-refractivity contribution in [2.75, 3.05) is 19.8 Å². The highest BCUT2D eigenvalue weighted by Gasteiger charge is 2.53. The lowest BCUT2D eigenvalue weighted by molar-refractivity contribution is -0.155. The van der Waals surface area contributed by atoms with E-state index in [9.17, 15) is 15.2 Å². The minimum Gasteiger partial charge on any atom is -0.382 e. The zero-order valence-corrected chi connectivity index (χ0v) is 24.2. The van der Waals surface area contributed by atoms with E-state index in [1.807, 2.05) is 13.0 Å². The molecule has 0 radical (unpaired) electrons. The summed E-state index contributed by atoms with van der Waals surface area (Å²) in [4.78, 5) is 20.2. The van der Waals surface area contributed by atoms with E-state index in [4.69, 9.17) is 21.1 Å². The van der Waals surface area contributed by atoms with Gasteiger partial charge in [0.15, 0.2) is 6.23 Å². The summed E-state index contributed by atoms with van der Waals surface area (Å²) in [5.41, 5.74) is -2.77. The number of nitriles is 1. The third-order valence-electron chi connectivity index (χ3n) is 8.23. The van der Waals surface area contributed by atoms with Crippen LogP contribution in [0.25, 0.3) is 0 Å². The molecule has 0 saturated carbocycles. The molecular weight excluding hydrogens is 564 g/mol. The molecule has 0 spiro atoms. The number of ether oxygens (including phenoxy) is 2. The molecule has 3 aromatic rings. The van der Waals surface area contributed by atoms with Crippen molar-refractivity contribution in [2.45, 2.75) is 63.1 Å². The summed E-state index contributed by atoms with van der Waals surface area (Å²) in [6.07, 6.45) is 0.721. The number of carbonyl (C=O) groups excluding carboxylic acids is 1. The van der Waals surface area contributed by atoms with Gasteiger partial charge in [0.2, 0.25) is 0 Å². The number of aromatic nitrogens is 1. The number of aliphatic hydroxyl groups is 1. The van der Waals surface area contributed by atoms with Crippen molar-refractivity contribution in [3.63, 3.8) is 0 Å². The molecule has 2 aliphatic heterocycles. The van der Waals surface area contributed by atoms with Crippen LogP contribution in [0.4, 0.5) is 8.78 Å². The Bertz CT molecular complexity index is 1510. The molecule has 2 unspecified atom stereocenters. The first-order valence-electron chi connectivity index (χ1n) is 14.1. The minimum atomic E-state index is -2.06. The van der Waals surface area contributed by atoms with Crippen molar-refractivity contribution in [1.82, 2.24) is 9.88 Å². The molecule has 3 heterocycles. The largest absolute Gasteiger partial charge is 0.382 e. The lowest BCUT2D eigenvalue weighted by atomic mass is 9.72. The number of nitrogens with zero attached hydrogens (tertiary/aromatic N) is 3. The second-order valence-electron chi connectivity index (χ2n) is 10.7. The number of fused-ring (bicyclic) bond motifs is 1. The number of hydrogen-bond donors (Lipinski definition) is 1. The van der Waals surface area contributed by atoms with Crippen LogP contribution in [0.5, 0.6) is 0 Å². The lowest BCUT2D eigenvalue weighted by Gasteiger charge is -2.43. The van der Waals surface area contributed by atoms with E-state index in [-0.39, 0.29) is 55.8 Å². The summed E-state index contributed by atoms with van der Waals surface area (Å²) >= 11 is 6.34. The average molecular weight is 596 g/mol. The fraction of sp³-hybridized carbons (Fsp3) is 0.406. The van der Waals surface area contributed by atoms with Gasteiger partial charge in [0.1, 0.15) is 29.2 Å². The van der Waals surface area contributed by atoms with Crippen LogP contribution in [0, 0.1) is 17.1 Å².